The van der Waals surface area contributed by atoms with Crippen LogP contribution in [0.2, 0.25) is 0 Å². The predicted octanol–water partition coefficient (Wildman–Crippen LogP) is 1.78. The Hall–Kier alpha value is -0.420. The van der Waals surface area contributed by atoms with Crippen molar-refractivity contribution in [2.75, 3.05) is 5.75 Å². The number of thiocyanates is 1. The van der Waals surface area contributed by atoms with Crippen molar-refractivity contribution in [3.05, 3.63) is 12.7 Å². The standard InChI is InChI=1S/C5H7NS/c1-2-3-4-7-5-6/h2H,1,3-4H2. The van der Waals surface area contributed by atoms with Crippen LogP contribution in [-0.4, -0.2) is 5.75 Å². The summed E-state index contributed by atoms with van der Waals surface area (Å²) in [6.07, 6.45) is 2.74. The van der Waals surface area contributed by atoms with Crippen molar-refractivity contribution in [2.45, 2.75) is 6.42 Å². The first-order valence-corrected chi connectivity index (χ1v) is 3.02. The highest BCUT2D eigenvalue weighted by Gasteiger charge is 1.77. The third kappa shape index (κ3) is 5.58. The van der Waals surface area contributed by atoms with E-state index in [4.69, 9.17) is 5.26 Å². The second-order valence-corrected chi connectivity index (χ2v) is 1.90. The van der Waals surface area contributed by atoms with E-state index in [1.54, 1.807) is 0 Å². The van der Waals surface area contributed by atoms with Gasteiger partial charge in [-0.05, 0) is 18.2 Å². The average molecular weight is 113 g/mol. The molecule has 0 aliphatic heterocycles. The van der Waals surface area contributed by atoms with Crippen molar-refractivity contribution in [1.82, 2.24) is 0 Å². The van der Waals surface area contributed by atoms with Crippen molar-refractivity contribution in [1.29, 1.82) is 5.26 Å². The smallest absolute Gasteiger partial charge is 0.133 e. The minimum atomic E-state index is 0.875. The Morgan fingerprint density at radius 2 is 2.57 bits per heavy atom. The fourth-order valence-corrected chi connectivity index (χ4v) is 0.564. The second-order valence-electron chi connectivity index (χ2n) is 1.02. The van der Waals surface area contributed by atoms with E-state index in [0.717, 1.165) is 12.2 Å². The summed E-state index contributed by atoms with van der Waals surface area (Å²) >= 11 is 1.27. The molecule has 38 valence electrons. The molecule has 0 spiro atoms. The van der Waals surface area contributed by atoms with Gasteiger partial charge in [0.05, 0.1) is 0 Å². The minimum Gasteiger partial charge on any atom is -0.185 e. The molecule has 0 aromatic heterocycles. The molecule has 0 N–H and O–H groups in total. The molecule has 0 aromatic rings. The van der Waals surface area contributed by atoms with Crippen LogP contribution in [0.4, 0.5) is 0 Å². The van der Waals surface area contributed by atoms with Gasteiger partial charge in [0.25, 0.3) is 0 Å². The van der Waals surface area contributed by atoms with Gasteiger partial charge >= 0.3 is 0 Å². The number of nitriles is 1. The molecular formula is C5H7NS. The SMILES string of the molecule is C=CCCSC#N. The lowest BCUT2D eigenvalue weighted by Crippen LogP contribution is -1.67. The van der Waals surface area contributed by atoms with E-state index < -0.39 is 0 Å². The van der Waals surface area contributed by atoms with Gasteiger partial charge in [0.15, 0.2) is 0 Å². The van der Waals surface area contributed by atoms with Crippen LogP contribution in [0.5, 0.6) is 0 Å². The Morgan fingerprint density at radius 1 is 1.86 bits per heavy atom. The number of hydrogen-bond acceptors (Lipinski definition) is 2. The molecule has 0 aliphatic carbocycles. The lowest BCUT2D eigenvalue weighted by Gasteiger charge is -1.79. The number of allylic oxidation sites excluding steroid dienone is 1. The van der Waals surface area contributed by atoms with Gasteiger partial charge in [-0.3, -0.25) is 0 Å². The third-order valence-electron chi connectivity index (χ3n) is 0.489. The molecule has 0 unspecified atom stereocenters. The van der Waals surface area contributed by atoms with Gasteiger partial charge in [-0.15, -0.1) is 6.58 Å². The number of hydrogen-bond donors (Lipinski definition) is 0. The van der Waals surface area contributed by atoms with Crippen LogP contribution in [0.15, 0.2) is 12.7 Å². The van der Waals surface area contributed by atoms with Crippen molar-refractivity contribution in [3.63, 3.8) is 0 Å². The maximum atomic E-state index is 7.97. The van der Waals surface area contributed by atoms with Crippen LogP contribution in [0, 0.1) is 10.7 Å². The summed E-state index contributed by atoms with van der Waals surface area (Å²) in [6.45, 7) is 3.51. The van der Waals surface area contributed by atoms with Crippen LogP contribution in [-0.2, 0) is 0 Å². The maximum Gasteiger partial charge on any atom is 0.133 e. The monoisotopic (exact) mass is 113 g/mol. The number of nitrogens with zero attached hydrogens (tertiary/aromatic N) is 1. The van der Waals surface area contributed by atoms with Crippen LogP contribution in [0.3, 0.4) is 0 Å². The Labute approximate surface area is 48.0 Å². The van der Waals surface area contributed by atoms with Crippen LogP contribution in [0.25, 0.3) is 0 Å². The van der Waals surface area contributed by atoms with Gasteiger partial charge in [0.2, 0.25) is 0 Å². The molecule has 0 aromatic carbocycles. The number of rotatable bonds is 3. The van der Waals surface area contributed by atoms with Crippen molar-refractivity contribution >= 4 is 11.8 Å². The molecule has 0 bridgehead atoms. The average Bonchev–Trinajstić information content (AvgIpc) is 1.69. The highest BCUT2D eigenvalue weighted by atomic mass is 32.2. The molecule has 0 amide bonds. The van der Waals surface area contributed by atoms with E-state index in [1.807, 2.05) is 11.5 Å². The first-order chi connectivity index (χ1) is 3.41. The molecule has 0 atom stereocenters. The van der Waals surface area contributed by atoms with Crippen LogP contribution < -0.4 is 0 Å². The molecule has 0 radical (unpaired) electrons. The summed E-state index contributed by atoms with van der Waals surface area (Å²) in [5, 5.41) is 9.94. The zero-order valence-corrected chi connectivity index (χ0v) is 4.87. The molecule has 7 heavy (non-hydrogen) atoms. The summed E-state index contributed by atoms with van der Waals surface area (Å²) in [7, 11) is 0. The lowest BCUT2D eigenvalue weighted by molar-refractivity contribution is 1.26. The van der Waals surface area contributed by atoms with E-state index in [2.05, 4.69) is 6.58 Å². The van der Waals surface area contributed by atoms with E-state index in [1.165, 1.54) is 11.8 Å². The molecule has 2 heteroatoms. The van der Waals surface area contributed by atoms with E-state index in [9.17, 15) is 0 Å². The van der Waals surface area contributed by atoms with Crippen molar-refractivity contribution in [2.24, 2.45) is 0 Å². The van der Waals surface area contributed by atoms with E-state index >= 15 is 0 Å². The van der Waals surface area contributed by atoms with Gasteiger partial charge in [-0.1, -0.05) is 6.08 Å². The van der Waals surface area contributed by atoms with Gasteiger partial charge in [-0.2, -0.15) is 5.26 Å². The second kappa shape index (κ2) is 5.58. The van der Waals surface area contributed by atoms with Crippen LogP contribution in [0.1, 0.15) is 6.42 Å². The Balaban J connectivity index is 2.72. The topological polar surface area (TPSA) is 23.8 Å². The predicted molar refractivity (Wildman–Crippen MR) is 32.9 cm³/mol. The van der Waals surface area contributed by atoms with Gasteiger partial charge in [0.1, 0.15) is 5.40 Å². The Kier molecular flexibility index (Phi) is 5.25. The molecule has 0 aliphatic rings. The highest BCUT2D eigenvalue weighted by Crippen LogP contribution is 1.97. The number of thioether (sulfide) groups is 1. The highest BCUT2D eigenvalue weighted by molar-refractivity contribution is 8.03. The summed E-state index contributed by atoms with van der Waals surface area (Å²) in [6, 6.07) is 0. The molecule has 0 saturated carbocycles. The summed E-state index contributed by atoms with van der Waals surface area (Å²) in [5.41, 5.74) is 0. The largest absolute Gasteiger partial charge is 0.185 e. The van der Waals surface area contributed by atoms with Crippen molar-refractivity contribution in [3.8, 4) is 5.40 Å². The summed E-state index contributed by atoms with van der Waals surface area (Å²) < 4.78 is 0. The quantitative estimate of drug-likeness (QED) is 0.316. The van der Waals surface area contributed by atoms with Gasteiger partial charge in [-0.25, -0.2) is 0 Å². The Morgan fingerprint density at radius 3 is 3.00 bits per heavy atom. The molecule has 1 nitrogen and oxygen atoms in total. The summed E-state index contributed by atoms with van der Waals surface area (Å²) in [5.74, 6) is 0.875. The molecular weight excluding hydrogens is 106 g/mol. The summed E-state index contributed by atoms with van der Waals surface area (Å²) in [4.78, 5) is 0. The molecule has 0 heterocycles. The molecule has 0 fully saturated rings. The first-order valence-electron chi connectivity index (χ1n) is 2.03. The third-order valence-corrected chi connectivity index (χ3v) is 1.06. The van der Waals surface area contributed by atoms with Crippen LogP contribution >= 0.6 is 11.8 Å². The molecule has 0 rings (SSSR count). The van der Waals surface area contributed by atoms with Gasteiger partial charge < -0.3 is 0 Å². The van der Waals surface area contributed by atoms with E-state index in [-0.39, 0.29) is 0 Å². The normalized spacial score (nSPS) is 7.29. The Bertz CT molecular complexity index is 82.6. The minimum absolute atomic E-state index is 0.875. The lowest BCUT2D eigenvalue weighted by atomic mass is 10.5. The van der Waals surface area contributed by atoms with E-state index in [0.29, 0.717) is 0 Å². The zero-order chi connectivity index (χ0) is 5.54. The maximum absolute atomic E-state index is 7.97. The fraction of sp³-hybridized carbons (Fsp3) is 0.400. The van der Waals surface area contributed by atoms with Gasteiger partial charge in [0, 0.05) is 5.75 Å². The first kappa shape index (κ1) is 6.58. The fourth-order valence-electron chi connectivity index (χ4n) is 0.188. The zero-order valence-electron chi connectivity index (χ0n) is 4.05. The van der Waals surface area contributed by atoms with Crippen molar-refractivity contribution < 1.29 is 0 Å². The molecule has 0 saturated heterocycles.